The first-order valence-corrected chi connectivity index (χ1v) is 13.0. The zero-order valence-corrected chi connectivity index (χ0v) is 20.6. The summed E-state index contributed by atoms with van der Waals surface area (Å²) in [5.41, 5.74) is 2.73. The van der Waals surface area contributed by atoms with Gasteiger partial charge < -0.3 is 9.84 Å². The van der Waals surface area contributed by atoms with E-state index in [-0.39, 0.29) is 17.6 Å². The first kappa shape index (κ1) is 24.2. The van der Waals surface area contributed by atoms with E-state index in [4.69, 9.17) is 4.52 Å². The molecule has 3 aromatic carbocycles. The molecule has 1 aliphatic rings. The number of hydrogen-bond acceptors (Lipinski definition) is 6. The third kappa shape index (κ3) is 6.38. The van der Waals surface area contributed by atoms with Crippen molar-refractivity contribution < 1.29 is 13.7 Å². The van der Waals surface area contributed by atoms with Crippen LogP contribution < -0.4 is 5.32 Å². The third-order valence-electron chi connectivity index (χ3n) is 6.18. The van der Waals surface area contributed by atoms with Gasteiger partial charge in [0.15, 0.2) is 0 Å². The van der Waals surface area contributed by atoms with Crippen molar-refractivity contribution >= 4 is 23.4 Å². The SMILES string of the molecule is O=C(Nc1ccc(CSc2ccccc2)cc1)C1CCCN(Cc2nc(-c3ccc(F)cc3)no2)C1. The molecule has 0 radical (unpaired) electrons. The molecule has 184 valence electrons. The average Bonchev–Trinajstić information content (AvgIpc) is 3.38. The molecule has 4 aromatic rings. The summed E-state index contributed by atoms with van der Waals surface area (Å²) in [5, 5.41) is 7.09. The Kier molecular flexibility index (Phi) is 7.73. The highest BCUT2D eigenvalue weighted by Gasteiger charge is 2.27. The van der Waals surface area contributed by atoms with Crippen LogP contribution in [0, 0.1) is 11.7 Å². The second-order valence-corrected chi connectivity index (χ2v) is 9.93. The Morgan fingerprint density at radius 2 is 1.83 bits per heavy atom. The molecule has 36 heavy (non-hydrogen) atoms. The number of benzene rings is 3. The molecule has 1 unspecified atom stereocenters. The van der Waals surface area contributed by atoms with Gasteiger partial charge in [-0.05, 0) is 73.5 Å². The molecule has 0 bridgehead atoms. The molecule has 1 N–H and O–H groups in total. The third-order valence-corrected chi connectivity index (χ3v) is 7.26. The van der Waals surface area contributed by atoms with Gasteiger partial charge in [0.1, 0.15) is 5.82 Å². The summed E-state index contributed by atoms with van der Waals surface area (Å²) in [6, 6.07) is 24.4. The van der Waals surface area contributed by atoms with Gasteiger partial charge in [-0.1, -0.05) is 35.5 Å². The number of carbonyl (C=O) groups is 1. The van der Waals surface area contributed by atoms with Gasteiger partial charge in [-0.3, -0.25) is 9.69 Å². The van der Waals surface area contributed by atoms with Crippen molar-refractivity contribution in [2.75, 3.05) is 18.4 Å². The highest BCUT2D eigenvalue weighted by Crippen LogP contribution is 2.24. The maximum absolute atomic E-state index is 13.2. The summed E-state index contributed by atoms with van der Waals surface area (Å²) in [4.78, 5) is 20.8. The van der Waals surface area contributed by atoms with Crippen LogP contribution in [-0.4, -0.2) is 34.0 Å². The molecule has 0 spiro atoms. The van der Waals surface area contributed by atoms with Gasteiger partial charge >= 0.3 is 0 Å². The minimum atomic E-state index is -0.307. The summed E-state index contributed by atoms with van der Waals surface area (Å²) < 4.78 is 18.6. The number of thioether (sulfide) groups is 1. The first-order chi connectivity index (χ1) is 17.6. The van der Waals surface area contributed by atoms with E-state index in [0.717, 1.165) is 30.8 Å². The lowest BCUT2D eigenvalue weighted by Crippen LogP contribution is -2.40. The second kappa shape index (κ2) is 11.5. The number of nitrogens with zero attached hydrogens (tertiary/aromatic N) is 3. The molecule has 1 aromatic heterocycles. The number of piperidine rings is 1. The van der Waals surface area contributed by atoms with Crippen molar-refractivity contribution in [1.82, 2.24) is 15.0 Å². The smallest absolute Gasteiger partial charge is 0.241 e. The number of aromatic nitrogens is 2. The highest BCUT2D eigenvalue weighted by molar-refractivity contribution is 7.98. The number of hydrogen-bond donors (Lipinski definition) is 1. The molecule has 1 fully saturated rings. The molecule has 0 saturated carbocycles. The fourth-order valence-corrected chi connectivity index (χ4v) is 5.13. The van der Waals surface area contributed by atoms with Crippen molar-refractivity contribution in [1.29, 1.82) is 0 Å². The predicted octanol–water partition coefficient (Wildman–Crippen LogP) is 6.02. The van der Waals surface area contributed by atoms with Crippen molar-refractivity contribution in [3.05, 3.63) is 96.1 Å². The molecule has 6 nitrogen and oxygen atoms in total. The number of amides is 1. The molecule has 2 heterocycles. The van der Waals surface area contributed by atoms with E-state index < -0.39 is 0 Å². The van der Waals surface area contributed by atoms with Crippen LogP contribution in [0.1, 0.15) is 24.3 Å². The second-order valence-electron chi connectivity index (χ2n) is 8.88. The van der Waals surface area contributed by atoms with E-state index in [2.05, 4.69) is 44.6 Å². The van der Waals surface area contributed by atoms with E-state index in [9.17, 15) is 9.18 Å². The van der Waals surface area contributed by atoms with Crippen molar-refractivity contribution in [2.45, 2.75) is 30.0 Å². The summed E-state index contributed by atoms with van der Waals surface area (Å²) in [6.07, 6.45) is 1.77. The summed E-state index contributed by atoms with van der Waals surface area (Å²) >= 11 is 1.79. The molecule has 1 aliphatic heterocycles. The molecule has 1 amide bonds. The van der Waals surface area contributed by atoms with Gasteiger partial charge in [0, 0.05) is 28.4 Å². The quantitative estimate of drug-likeness (QED) is 0.297. The Morgan fingerprint density at radius 1 is 1.06 bits per heavy atom. The van der Waals surface area contributed by atoms with Crippen molar-refractivity contribution in [3.8, 4) is 11.4 Å². The van der Waals surface area contributed by atoms with Crippen LogP contribution in [0.2, 0.25) is 0 Å². The molecule has 0 aliphatic carbocycles. The lowest BCUT2D eigenvalue weighted by atomic mass is 9.97. The summed E-state index contributed by atoms with van der Waals surface area (Å²) in [6.45, 7) is 1.98. The number of carbonyl (C=O) groups excluding carboxylic acids is 1. The Hall–Kier alpha value is -3.49. The molecular formula is C28H27FN4O2S. The fraction of sp³-hybridized carbons (Fsp3) is 0.250. The maximum Gasteiger partial charge on any atom is 0.241 e. The minimum Gasteiger partial charge on any atom is -0.338 e. The summed E-state index contributed by atoms with van der Waals surface area (Å²) in [7, 11) is 0. The topological polar surface area (TPSA) is 71.3 Å². The highest BCUT2D eigenvalue weighted by atomic mass is 32.2. The number of nitrogens with one attached hydrogen (secondary N) is 1. The average molecular weight is 503 g/mol. The molecule has 1 saturated heterocycles. The molecular weight excluding hydrogens is 475 g/mol. The standard InChI is InChI=1S/C28H27FN4O2S/c29-23-12-10-21(11-13-23)27-31-26(35-32-27)18-33-16-4-5-22(17-33)28(34)30-24-14-8-20(9-15-24)19-36-25-6-2-1-3-7-25/h1-3,6-15,22H,4-5,16-19H2,(H,30,34). The summed E-state index contributed by atoms with van der Waals surface area (Å²) in [5.74, 6) is 1.42. The number of anilines is 1. The molecule has 1 atom stereocenters. The Labute approximate surface area is 213 Å². The van der Waals surface area contributed by atoms with E-state index in [1.165, 1.54) is 22.6 Å². The zero-order chi connectivity index (χ0) is 24.7. The van der Waals surface area contributed by atoms with Gasteiger partial charge in [0.05, 0.1) is 12.5 Å². The van der Waals surface area contributed by atoms with E-state index in [0.29, 0.717) is 30.4 Å². The number of rotatable bonds is 8. The van der Waals surface area contributed by atoms with Crippen LogP contribution in [0.3, 0.4) is 0 Å². The minimum absolute atomic E-state index is 0.0311. The van der Waals surface area contributed by atoms with Crippen LogP contribution >= 0.6 is 11.8 Å². The Balaban J connectivity index is 1.12. The maximum atomic E-state index is 13.2. The fourth-order valence-electron chi connectivity index (χ4n) is 4.25. The monoisotopic (exact) mass is 502 g/mol. The van der Waals surface area contributed by atoms with Gasteiger partial charge in [-0.15, -0.1) is 11.8 Å². The van der Waals surface area contributed by atoms with Crippen LogP contribution in [0.5, 0.6) is 0 Å². The first-order valence-electron chi connectivity index (χ1n) is 12.0. The van der Waals surface area contributed by atoms with Gasteiger partial charge in [-0.25, -0.2) is 4.39 Å². The normalized spacial score (nSPS) is 16.1. The zero-order valence-electron chi connectivity index (χ0n) is 19.8. The van der Waals surface area contributed by atoms with Crippen LogP contribution in [0.15, 0.2) is 88.3 Å². The van der Waals surface area contributed by atoms with Crippen LogP contribution in [0.4, 0.5) is 10.1 Å². The number of halogens is 1. The van der Waals surface area contributed by atoms with Gasteiger partial charge in [0.25, 0.3) is 0 Å². The van der Waals surface area contributed by atoms with E-state index in [1.807, 2.05) is 30.3 Å². The molecule has 8 heteroatoms. The Bertz CT molecular complexity index is 1280. The van der Waals surface area contributed by atoms with Gasteiger partial charge in [-0.2, -0.15) is 4.98 Å². The van der Waals surface area contributed by atoms with E-state index >= 15 is 0 Å². The molecule has 5 rings (SSSR count). The largest absolute Gasteiger partial charge is 0.338 e. The van der Waals surface area contributed by atoms with Crippen LogP contribution in [0.25, 0.3) is 11.4 Å². The lowest BCUT2D eigenvalue weighted by molar-refractivity contribution is -0.121. The number of likely N-dealkylation sites (tertiary alicyclic amines) is 1. The van der Waals surface area contributed by atoms with Crippen molar-refractivity contribution in [2.24, 2.45) is 5.92 Å². The predicted molar refractivity (Wildman–Crippen MR) is 139 cm³/mol. The van der Waals surface area contributed by atoms with Crippen LogP contribution in [-0.2, 0) is 17.1 Å². The van der Waals surface area contributed by atoms with E-state index in [1.54, 1.807) is 23.9 Å². The van der Waals surface area contributed by atoms with Gasteiger partial charge in [0.2, 0.25) is 17.6 Å². The van der Waals surface area contributed by atoms with Crippen molar-refractivity contribution in [3.63, 3.8) is 0 Å². The lowest BCUT2D eigenvalue weighted by Gasteiger charge is -2.30. The Morgan fingerprint density at radius 3 is 2.61 bits per heavy atom.